The average Bonchev–Trinajstić information content (AvgIpc) is 2.35. The highest BCUT2D eigenvalue weighted by molar-refractivity contribution is 6.42. The summed E-state index contributed by atoms with van der Waals surface area (Å²) in [6, 6.07) is 9.86. The fourth-order valence-electron chi connectivity index (χ4n) is 1.49. The summed E-state index contributed by atoms with van der Waals surface area (Å²) in [5, 5.41) is 4.20. The zero-order valence-electron chi connectivity index (χ0n) is 9.18. The van der Waals surface area contributed by atoms with Gasteiger partial charge < -0.3 is 5.32 Å². The van der Waals surface area contributed by atoms with E-state index in [1.54, 1.807) is 12.1 Å². The second kappa shape index (κ2) is 5.79. The van der Waals surface area contributed by atoms with Crippen molar-refractivity contribution in [1.82, 2.24) is 0 Å². The minimum Gasteiger partial charge on any atom is -0.381 e. The van der Waals surface area contributed by atoms with Crippen molar-refractivity contribution in [2.45, 2.75) is 6.54 Å². The van der Waals surface area contributed by atoms with Crippen LogP contribution in [0.5, 0.6) is 0 Å². The lowest BCUT2D eigenvalue weighted by molar-refractivity contribution is 0.628. The van der Waals surface area contributed by atoms with Crippen LogP contribution in [0.15, 0.2) is 36.4 Å². The van der Waals surface area contributed by atoms with Crippen molar-refractivity contribution in [1.29, 1.82) is 0 Å². The van der Waals surface area contributed by atoms with Gasteiger partial charge in [-0.05, 0) is 29.8 Å². The zero-order valence-corrected chi connectivity index (χ0v) is 11.5. The number of hydrogen-bond acceptors (Lipinski definition) is 1. The lowest BCUT2D eigenvalue weighted by Crippen LogP contribution is -2.00. The molecular weight excluding hydrogens is 296 g/mol. The van der Waals surface area contributed by atoms with Crippen molar-refractivity contribution < 1.29 is 4.39 Å². The highest BCUT2D eigenvalue weighted by atomic mass is 35.5. The molecule has 0 aliphatic heterocycles. The van der Waals surface area contributed by atoms with Gasteiger partial charge in [-0.3, -0.25) is 0 Å². The Kier molecular flexibility index (Phi) is 4.33. The van der Waals surface area contributed by atoms with Gasteiger partial charge in [0.25, 0.3) is 0 Å². The molecule has 94 valence electrons. The van der Waals surface area contributed by atoms with Crippen LogP contribution in [0.25, 0.3) is 0 Å². The van der Waals surface area contributed by atoms with Crippen LogP contribution in [0, 0.1) is 5.82 Å². The molecule has 0 saturated carbocycles. The summed E-state index contributed by atoms with van der Waals surface area (Å²) >= 11 is 17.7. The summed E-state index contributed by atoms with van der Waals surface area (Å²) in [6.07, 6.45) is 0. The molecule has 0 spiro atoms. The summed E-state index contributed by atoms with van der Waals surface area (Å²) in [5.41, 5.74) is 1.59. The lowest BCUT2D eigenvalue weighted by Gasteiger charge is -2.09. The Bertz CT molecular complexity index is 572. The van der Waals surface area contributed by atoms with Gasteiger partial charge in [0.05, 0.1) is 15.1 Å². The third-order valence-corrected chi connectivity index (χ3v) is 3.58. The predicted octanol–water partition coefficient (Wildman–Crippen LogP) is 5.40. The number of anilines is 1. The van der Waals surface area contributed by atoms with E-state index >= 15 is 0 Å². The quantitative estimate of drug-likeness (QED) is 0.800. The second-order valence-electron chi connectivity index (χ2n) is 3.70. The van der Waals surface area contributed by atoms with E-state index in [9.17, 15) is 4.39 Å². The van der Waals surface area contributed by atoms with E-state index in [-0.39, 0.29) is 5.02 Å². The minimum atomic E-state index is -0.442. The molecular formula is C13H9Cl3FN. The Morgan fingerprint density at radius 2 is 1.78 bits per heavy atom. The molecule has 0 saturated heterocycles. The van der Waals surface area contributed by atoms with Crippen LogP contribution in [-0.2, 0) is 6.54 Å². The van der Waals surface area contributed by atoms with E-state index < -0.39 is 5.82 Å². The first-order valence-corrected chi connectivity index (χ1v) is 6.33. The van der Waals surface area contributed by atoms with Crippen LogP contribution < -0.4 is 5.32 Å². The highest BCUT2D eigenvalue weighted by Gasteiger charge is 2.05. The van der Waals surface area contributed by atoms with Crippen molar-refractivity contribution in [2.24, 2.45) is 0 Å². The third kappa shape index (κ3) is 3.08. The highest BCUT2D eigenvalue weighted by Crippen LogP contribution is 2.26. The first-order chi connectivity index (χ1) is 8.58. The van der Waals surface area contributed by atoms with Crippen molar-refractivity contribution in [2.75, 3.05) is 5.32 Å². The summed E-state index contributed by atoms with van der Waals surface area (Å²) in [7, 11) is 0. The van der Waals surface area contributed by atoms with Gasteiger partial charge >= 0.3 is 0 Å². The van der Waals surface area contributed by atoms with Crippen LogP contribution in [-0.4, -0.2) is 0 Å². The number of nitrogens with one attached hydrogen (secondary N) is 1. The molecule has 0 aliphatic carbocycles. The summed E-state index contributed by atoms with van der Waals surface area (Å²) < 4.78 is 13.0. The van der Waals surface area contributed by atoms with Gasteiger partial charge in [-0.25, -0.2) is 4.39 Å². The molecule has 18 heavy (non-hydrogen) atoms. The molecule has 5 heteroatoms. The molecule has 2 rings (SSSR count). The maximum atomic E-state index is 13.0. The van der Waals surface area contributed by atoms with Crippen LogP contribution in [0.4, 0.5) is 10.1 Å². The fraction of sp³-hybridized carbons (Fsp3) is 0.0769. The van der Waals surface area contributed by atoms with Crippen molar-refractivity contribution in [3.8, 4) is 0 Å². The van der Waals surface area contributed by atoms with Crippen molar-refractivity contribution >= 4 is 40.5 Å². The fourth-order valence-corrected chi connectivity index (χ4v) is 2.06. The summed E-state index contributed by atoms with van der Waals surface area (Å²) in [5.74, 6) is -0.442. The van der Waals surface area contributed by atoms with Crippen molar-refractivity contribution in [3.63, 3.8) is 0 Å². The molecule has 0 radical (unpaired) electrons. The summed E-state index contributed by atoms with van der Waals surface area (Å²) in [6.45, 7) is 0.487. The molecule has 0 atom stereocenters. The second-order valence-corrected chi connectivity index (χ2v) is 4.89. The van der Waals surface area contributed by atoms with E-state index in [0.717, 1.165) is 11.3 Å². The maximum Gasteiger partial charge on any atom is 0.141 e. The van der Waals surface area contributed by atoms with Crippen molar-refractivity contribution in [3.05, 3.63) is 62.8 Å². The molecule has 0 amide bonds. The average molecular weight is 305 g/mol. The first kappa shape index (κ1) is 13.5. The van der Waals surface area contributed by atoms with Gasteiger partial charge in [0.15, 0.2) is 0 Å². The van der Waals surface area contributed by atoms with Crippen LogP contribution in [0.3, 0.4) is 0 Å². The molecule has 2 aromatic rings. The van der Waals surface area contributed by atoms with E-state index in [0.29, 0.717) is 16.6 Å². The van der Waals surface area contributed by atoms with Gasteiger partial charge in [-0.2, -0.15) is 0 Å². The number of halogens is 4. The maximum absolute atomic E-state index is 13.0. The molecule has 1 N–H and O–H groups in total. The molecule has 0 aromatic heterocycles. The Morgan fingerprint density at radius 3 is 2.50 bits per heavy atom. The van der Waals surface area contributed by atoms with Gasteiger partial charge in [0, 0.05) is 12.2 Å². The predicted molar refractivity (Wildman–Crippen MR) is 75.2 cm³/mol. The normalized spacial score (nSPS) is 10.4. The third-order valence-electron chi connectivity index (χ3n) is 2.43. The van der Waals surface area contributed by atoms with Gasteiger partial charge in [-0.15, -0.1) is 0 Å². The van der Waals surface area contributed by atoms with E-state index in [4.69, 9.17) is 34.8 Å². The minimum absolute atomic E-state index is 0.0807. The molecule has 2 aromatic carbocycles. The van der Waals surface area contributed by atoms with E-state index in [1.807, 2.05) is 12.1 Å². The Labute approximate surface area is 119 Å². The molecule has 0 heterocycles. The molecule has 0 bridgehead atoms. The Balaban J connectivity index is 2.11. The molecule has 1 nitrogen and oxygen atoms in total. The molecule has 0 unspecified atom stereocenters. The topological polar surface area (TPSA) is 12.0 Å². The zero-order chi connectivity index (χ0) is 13.1. The molecule has 0 aliphatic rings. The largest absolute Gasteiger partial charge is 0.381 e. The number of rotatable bonds is 3. The Morgan fingerprint density at radius 1 is 1.00 bits per heavy atom. The van der Waals surface area contributed by atoms with Gasteiger partial charge in [-0.1, -0.05) is 46.9 Å². The summed E-state index contributed by atoms with van der Waals surface area (Å²) in [4.78, 5) is 0. The monoisotopic (exact) mass is 303 g/mol. The Hall–Kier alpha value is -0.960. The lowest BCUT2D eigenvalue weighted by atomic mass is 10.2. The SMILES string of the molecule is Fc1ccc(NCc2cccc(Cl)c2Cl)cc1Cl. The number of benzene rings is 2. The van der Waals surface area contributed by atoms with Gasteiger partial charge in [0.2, 0.25) is 0 Å². The molecule has 0 fully saturated rings. The van der Waals surface area contributed by atoms with Crippen LogP contribution >= 0.6 is 34.8 Å². The standard InChI is InChI=1S/C13H9Cl3FN/c14-10-3-1-2-8(13(10)16)7-18-9-4-5-12(17)11(15)6-9/h1-6,18H,7H2. The number of hydrogen-bond donors (Lipinski definition) is 1. The first-order valence-electron chi connectivity index (χ1n) is 5.20. The van der Waals surface area contributed by atoms with Gasteiger partial charge in [0.1, 0.15) is 5.82 Å². The van der Waals surface area contributed by atoms with E-state index in [1.165, 1.54) is 12.1 Å². The van der Waals surface area contributed by atoms with Crippen LogP contribution in [0.1, 0.15) is 5.56 Å². The smallest absolute Gasteiger partial charge is 0.141 e. The van der Waals surface area contributed by atoms with E-state index in [2.05, 4.69) is 5.32 Å². The van der Waals surface area contributed by atoms with Crippen LogP contribution in [0.2, 0.25) is 15.1 Å².